The molecule has 4 nitrogen and oxygen atoms in total. The Kier molecular flexibility index (Phi) is 4.46. The summed E-state index contributed by atoms with van der Waals surface area (Å²) >= 11 is 1.61. The van der Waals surface area contributed by atoms with E-state index in [-0.39, 0.29) is 5.91 Å². The third kappa shape index (κ3) is 3.09. The van der Waals surface area contributed by atoms with E-state index in [1.165, 1.54) is 0 Å². The molecule has 0 radical (unpaired) electrons. The first-order chi connectivity index (χ1) is 12.8. The zero-order chi connectivity index (χ0) is 17.9. The molecule has 4 rings (SSSR count). The summed E-state index contributed by atoms with van der Waals surface area (Å²) in [5, 5.41) is 7.84. The van der Waals surface area contributed by atoms with Crippen molar-refractivity contribution in [2.24, 2.45) is 0 Å². The van der Waals surface area contributed by atoms with Gasteiger partial charge in [0.05, 0.1) is 7.11 Å². The molecule has 0 aliphatic rings. The van der Waals surface area contributed by atoms with Crippen molar-refractivity contribution in [1.29, 1.82) is 0 Å². The van der Waals surface area contributed by atoms with Gasteiger partial charge in [0, 0.05) is 23.6 Å². The van der Waals surface area contributed by atoms with E-state index < -0.39 is 0 Å². The van der Waals surface area contributed by atoms with E-state index in [0.717, 1.165) is 22.1 Å². The molecule has 26 heavy (non-hydrogen) atoms. The van der Waals surface area contributed by atoms with Crippen LogP contribution in [-0.4, -0.2) is 13.0 Å². The van der Waals surface area contributed by atoms with Gasteiger partial charge in [0.15, 0.2) is 0 Å². The van der Waals surface area contributed by atoms with E-state index in [1.54, 1.807) is 24.5 Å². The van der Waals surface area contributed by atoms with Crippen LogP contribution >= 0.6 is 11.3 Å². The monoisotopic (exact) mass is 363 g/mol. The molecule has 5 heteroatoms. The van der Waals surface area contributed by atoms with Gasteiger partial charge in [0.2, 0.25) is 5.76 Å². The van der Waals surface area contributed by atoms with Crippen molar-refractivity contribution in [1.82, 2.24) is 5.32 Å². The molecule has 0 bridgehead atoms. The van der Waals surface area contributed by atoms with Crippen LogP contribution < -0.4 is 10.1 Å². The first-order valence-electron chi connectivity index (χ1n) is 8.21. The lowest BCUT2D eigenvalue weighted by atomic mass is 10.0. The number of carbonyl (C=O) groups excluding carboxylic acids is 1. The van der Waals surface area contributed by atoms with E-state index in [0.29, 0.717) is 23.6 Å². The molecule has 1 N–H and O–H groups in total. The zero-order valence-corrected chi connectivity index (χ0v) is 15.0. The molecule has 0 fully saturated rings. The lowest BCUT2D eigenvalue weighted by molar-refractivity contribution is 0.0926. The average Bonchev–Trinajstić information content (AvgIpc) is 3.33. The number of furan rings is 1. The number of thiophene rings is 1. The topological polar surface area (TPSA) is 51.5 Å². The van der Waals surface area contributed by atoms with Crippen molar-refractivity contribution in [2.75, 3.05) is 7.11 Å². The Balaban J connectivity index is 1.78. The van der Waals surface area contributed by atoms with Crippen LogP contribution in [0.25, 0.3) is 22.1 Å². The predicted octanol–water partition coefficient (Wildman–Crippen LogP) is 5.10. The summed E-state index contributed by atoms with van der Waals surface area (Å²) in [6.45, 7) is 0.469. The van der Waals surface area contributed by atoms with E-state index in [4.69, 9.17) is 9.15 Å². The van der Waals surface area contributed by atoms with Gasteiger partial charge in [-0.3, -0.25) is 4.79 Å². The van der Waals surface area contributed by atoms with Gasteiger partial charge in [0.25, 0.3) is 5.91 Å². The fourth-order valence-corrected chi connectivity index (χ4v) is 3.58. The molecule has 1 amide bonds. The molecular weight excluding hydrogens is 346 g/mol. The Morgan fingerprint density at radius 2 is 2.00 bits per heavy atom. The number of benzene rings is 2. The van der Waals surface area contributed by atoms with Gasteiger partial charge in [0.1, 0.15) is 11.3 Å². The van der Waals surface area contributed by atoms with Gasteiger partial charge in [-0.2, -0.15) is 11.3 Å². The van der Waals surface area contributed by atoms with E-state index in [2.05, 4.69) is 5.32 Å². The number of rotatable bonds is 5. The van der Waals surface area contributed by atoms with Crippen LogP contribution in [0.1, 0.15) is 16.1 Å². The van der Waals surface area contributed by atoms with E-state index in [9.17, 15) is 4.79 Å². The maximum Gasteiger partial charge on any atom is 0.287 e. The highest BCUT2D eigenvalue weighted by Gasteiger charge is 2.22. The number of hydrogen-bond donors (Lipinski definition) is 1. The zero-order valence-electron chi connectivity index (χ0n) is 14.2. The minimum absolute atomic E-state index is 0.231. The van der Waals surface area contributed by atoms with Gasteiger partial charge < -0.3 is 14.5 Å². The SMILES string of the molecule is COc1ccc2c(-c3ccccc3)c(C(=O)NCc3ccsc3)oc2c1. The Bertz CT molecular complexity index is 1040. The molecule has 0 aliphatic heterocycles. The van der Waals surface area contributed by atoms with E-state index >= 15 is 0 Å². The van der Waals surface area contributed by atoms with Crippen LogP contribution in [0.15, 0.2) is 69.8 Å². The summed E-state index contributed by atoms with van der Waals surface area (Å²) in [7, 11) is 1.61. The highest BCUT2D eigenvalue weighted by molar-refractivity contribution is 7.07. The highest BCUT2D eigenvalue weighted by atomic mass is 32.1. The second-order valence-electron chi connectivity index (χ2n) is 5.85. The Hall–Kier alpha value is -3.05. The Morgan fingerprint density at radius 3 is 2.73 bits per heavy atom. The van der Waals surface area contributed by atoms with Crippen molar-refractivity contribution in [3.8, 4) is 16.9 Å². The van der Waals surface area contributed by atoms with Crippen LogP contribution in [-0.2, 0) is 6.54 Å². The Labute approximate surface area is 155 Å². The van der Waals surface area contributed by atoms with Crippen molar-refractivity contribution < 1.29 is 13.9 Å². The third-order valence-corrected chi connectivity index (χ3v) is 4.93. The number of amides is 1. The van der Waals surface area contributed by atoms with Crippen molar-refractivity contribution >= 4 is 28.2 Å². The number of carbonyl (C=O) groups is 1. The molecule has 130 valence electrons. The molecule has 0 saturated heterocycles. The maximum atomic E-state index is 12.8. The summed E-state index contributed by atoms with van der Waals surface area (Å²) in [4.78, 5) is 12.8. The molecule has 2 aromatic carbocycles. The van der Waals surface area contributed by atoms with Crippen LogP contribution in [0.4, 0.5) is 0 Å². The number of nitrogens with one attached hydrogen (secondary N) is 1. The fourth-order valence-electron chi connectivity index (χ4n) is 2.91. The van der Waals surface area contributed by atoms with Gasteiger partial charge in [-0.15, -0.1) is 0 Å². The smallest absolute Gasteiger partial charge is 0.287 e. The Morgan fingerprint density at radius 1 is 1.15 bits per heavy atom. The molecule has 2 heterocycles. The second-order valence-corrected chi connectivity index (χ2v) is 6.63. The molecule has 4 aromatic rings. The van der Waals surface area contributed by atoms with Crippen LogP contribution in [0.5, 0.6) is 5.75 Å². The fraction of sp³-hybridized carbons (Fsp3) is 0.0952. The summed E-state index contributed by atoms with van der Waals surface area (Å²) in [5.41, 5.74) is 3.44. The highest BCUT2D eigenvalue weighted by Crippen LogP contribution is 2.36. The summed E-state index contributed by atoms with van der Waals surface area (Å²) in [5.74, 6) is 0.774. The lowest BCUT2D eigenvalue weighted by Crippen LogP contribution is -2.22. The normalized spacial score (nSPS) is 10.8. The van der Waals surface area contributed by atoms with Crippen LogP contribution in [0.3, 0.4) is 0 Å². The summed E-state index contributed by atoms with van der Waals surface area (Å²) in [6.07, 6.45) is 0. The van der Waals surface area contributed by atoms with Crippen LogP contribution in [0.2, 0.25) is 0 Å². The standard InChI is InChI=1S/C21H17NO3S/c1-24-16-7-8-17-18(11-16)25-20(19(17)15-5-3-2-4-6-15)21(23)22-12-14-9-10-26-13-14/h2-11,13H,12H2,1H3,(H,22,23). The van der Waals surface area contributed by atoms with Crippen molar-refractivity contribution in [3.63, 3.8) is 0 Å². The molecule has 0 aliphatic carbocycles. The van der Waals surface area contributed by atoms with Gasteiger partial charge in [-0.05, 0) is 40.1 Å². The second kappa shape index (κ2) is 7.06. The van der Waals surface area contributed by atoms with Crippen molar-refractivity contribution in [2.45, 2.75) is 6.54 Å². The number of methoxy groups -OCH3 is 1. The minimum Gasteiger partial charge on any atom is -0.497 e. The van der Waals surface area contributed by atoms with Gasteiger partial charge in [-0.1, -0.05) is 30.3 Å². The van der Waals surface area contributed by atoms with E-state index in [1.807, 2.05) is 59.3 Å². The lowest BCUT2D eigenvalue weighted by Gasteiger charge is -2.05. The van der Waals surface area contributed by atoms with Gasteiger partial charge >= 0.3 is 0 Å². The predicted molar refractivity (Wildman–Crippen MR) is 104 cm³/mol. The molecular formula is C21H17NO3S. The molecule has 0 atom stereocenters. The summed E-state index contributed by atoms with van der Waals surface area (Å²) in [6, 6.07) is 17.4. The molecule has 2 aromatic heterocycles. The van der Waals surface area contributed by atoms with Gasteiger partial charge in [-0.25, -0.2) is 0 Å². The number of fused-ring (bicyclic) bond motifs is 1. The first-order valence-corrected chi connectivity index (χ1v) is 9.16. The largest absolute Gasteiger partial charge is 0.497 e. The number of hydrogen-bond acceptors (Lipinski definition) is 4. The molecule has 0 saturated carbocycles. The maximum absolute atomic E-state index is 12.8. The average molecular weight is 363 g/mol. The van der Waals surface area contributed by atoms with Crippen LogP contribution in [0, 0.1) is 0 Å². The minimum atomic E-state index is -0.231. The molecule has 0 unspecified atom stereocenters. The quantitative estimate of drug-likeness (QED) is 0.537. The first kappa shape index (κ1) is 16.4. The molecule has 0 spiro atoms. The van der Waals surface area contributed by atoms with Crippen molar-refractivity contribution in [3.05, 3.63) is 76.7 Å². The third-order valence-electron chi connectivity index (χ3n) is 4.20. The number of ether oxygens (including phenoxy) is 1. The summed E-state index contributed by atoms with van der Waals surface area (Å²) < 4.78 is 11.2.